The number of amides is 1. The molecular weight excluding hydrogens is 386 g/mol. The summed E-state index contributed by atoms with van der Waals surface area (Å²) in [6.07, 6.45) is 1.94. The highest BCUT2D eigenvalue weighted by Gasteiger charge is 2.24. The number of hydrogen-bond acceptors (Lipinski definition) is 5. The smallest absolute Gasteiger partial charge is 0.270 e. The molecule has 0 unspecified atom stereocenters. The standard InChI is InChI=1S/C19H20F2N4O2S/c1-12-15(17(27)22-7-4-8-26)10-23-25(12)18-24-16(11-28-18)13-5-3-6-14(9-13)19(2,20)21/h3,5-6,9-11,26H,4,7-8H2,1-2H3,(H,22,27). The summed E-state index contributed by atoms with van der Waals surface area (Å²) in [4.78, 5) is 16.7. The molecule has 9 heteroatoms. The van der Waals surface area contributed by atoms with Crippen molar-refractivity contribution < 1.29 is 18.7 Å². The van der Waals surface area contributed by atoms with Gasteiger partial charge in [-0.1, -0.05) is 18.2 Å². The Bertz CT molecular complexity index is 978. The SMILES string of the molecule is Cc1c(C(=O)NCCCO)cnn1-c1nc(-c2cccc(C(C)(F)F)c2)cs1. The molecule has 2 N–H and O–H groups in total. The van der Waals surface area contributed by atoms with Gasteiger partial charge in [0.2, 0.25) is 5.13 Å². The Hall–Kier alpha value is -2.65. The first-order valence-electron chi connectivity index (χ1n) is 8.69. The number of aliphatic hydroxyl groups is 1. The minimum absolute atomic E-state index is 0.00554. The van der Waals surface area contributed by atoms with Crippen molar-refractivity contribution in [1.82, 2.24) is 20.1 Å². The van der Waals surface area contributed by atoms with Crippen molar-refractivity contribution in [3.8, 4) is 16.4 Å². The average molecular weight is 406 g/mol. The van der Waals surface area contributed by atoms with Crippen LogP contribution in [-0.2, 0) is 5.92 Å². The lowest BCUT2D eigenvalue weighted by Crippen LogP contribution is -2.25. The van der Waals surface area contributed by atoms with Gasteiger partial charge in [0.15, 0.2) is 0 Å². The quantitative estimate of drug-likeness (QED) is 0.589. The van der Waals surface area contributed by atoms with Crippen molar-refractivity contribution in [1.29, 1.82) is 0 Å². The monoisotopic (exact) mass is 406 g/mol. The molecule has 2 heterocycles. The lowest BCUT2D eigenvalue weighted by atomic mass is 10.1. The molecule has 1 aromatic carbocycles. The molecule has 6 nitrogen and oxygen atoms in total. The molecule has 3 aromatic rings. The zero-order valence-electron chi connectivity index (χ0n) is 15.4. The van der Waals surface area contributed by atoms with Gasteiger partial charge in [0.05, 0.1) is 23.1 Å². The van der Waals surface area contributed by atoms with Gasteiger partial charge in [-0.05, 0) is 19.4 Å². The van der Waals surface area contributed by atoms with Crippen LogP contribution in [-0.4, -0.2) is 38.9 Å². The molecule has 0 saturated carbocycles. The maximum absolute atomic E-state index is 13.6. The second-order valence-electron chi connectivity index (χ2n) is 6.37. The molecule has 0 spiro atoms. The van der Waals surface area contributed by atoms with Gasteiger partial charge in [-0.25, -0.2) is 18.4 Å². The van der Waals surface area contributed by atoms with E-state index in [4.69, 9.17) is 5.11 Å². The van der Waals surface area contributed by atoms with Crippen molar-refractivity contribution in [3.05, 3.63) is 52.7 Å². The molecule has 3 rings (SSSR count). The van der Waals surface area contributed by atoms with E-state index in [1.807, 2.05) is 0 Å². The number of halogens is 2. The van der Waals surface area contributed by atoms with Crippen molar-refractivity contribution in [2.24, 2.45) is 0 Å². The summed E-state index contributed by atoms with van der Waals surface area (Å²) in [5, 5.41) is 18.1. The number of aromatic nitrogens is 3. The highest BCUT2D eigenvalue weighted by molar-refractivity contribution is 7.12. The van der Waals surface area contributed by atoms with E-state index in [9.17, 15) is 13.6 Å². The van der Waals surface area contributed by atoms with E-state index < -0.39 is 5.92 Å². The van der Waals surface area contributed by atoms with Gasteiger partial charge in [-0.3, -0.25) is 4.79 Å². The predicted molar refractivity (Wildman–Crippen MR) is 103 cm³/mol. The summed E-state index contributed by atoms with van der Waals surface area (Å²) in [5.74, 6) is -3.20. The third-order valence-corrected chi connectivity index (χ3v) is 5.03. The van der Waals surface area contributed by atoms with Gasteiger partial charge >= 0.3 is 0 Å². The largest absolute Gasteiger partial charge is 0.396 e. The molecule has 0 aliphatic rings. The summed E-state index contributed by atoms with van der Waals surface area (Å²) in [6.45, 7) is 3.00. The number of alkyl halides is 2. The van der Waals surface area contributed by atoms with Crippen LogP contribution in [0.1, 0.15) is 35.0 Å². The Kier molecular flexibility index (Phi) is 5.85. The first-order chi connectivity index (χ1) is 13.3. The lowest BCUT2D eigenvalue weighted by molar-refractivity contribution is 0.0175. The third-order valence-electron chi connectivity index (χ3n) is 4.21. The van der Waals surface area contributed by atoms with Crippen LogP contribution in [0.2, 0.25) is 0 Å². The van der Waals surface area contributed by atoms with Crippen molar-refractivity contribution in [2.75, 3.05) is 13.2 Å². The van der Waals surface area contributed by atoms with E-state index in [0.29, 0.717) is 40.6 Å². The van der Waals surface area contributed by atoms with Gasteiger partial charge in [-0.15, -0.1) is 11.3 Å². The summed E-state index contributed by atoms with van der Waals surface area (Å²) < 4.78 is 28.7. The Morgan fingerprint density at radius 1 is 1.39 bits per heavy atom. The molecule has 0 fully saturated rings. The number of carbonyl (C=O) groups is 1. The third kappa shape index (κ3) is 4.26. The van der Waals surface area contributed by atoms with Gasteiger partial charge < -0.3 is 10.4 Å². The van der Waals surface area contributed by atoms with Crippen molar-refractivity contribution >= 4 is 17.2 Å². The second-order valence-corrected chi connectivity index (χ2v) is 7.21. The van der Waals surface area contributed by atoms with Gasteiger partial charge in [-0.2, -0.15) is 5.10 Å². The summed E-state index contributed by atoms with van der Waals surface area (Å²) in [5.41, 5.74) is 2.12. The summed E-state index contributed by atoms with van der Waals surface area (Å²) >= 11 is 1.31. The Morgan fingerprint density at radius 3 is 2.89 bits per heavy atom. The van der Waals surface area contributed by atoms with E-state index >= 15 is 0 Å². The number of carbonyl (C=O) groups excluding carboxylic acids is 1. The first-order valence-corrected chi connectivity index (χ1v) is 9.57. The fourth-order valence-corrected chi connectivity index (χ4v) is 3.49. The zero-order valence-corrected chi connectivity index (χ0v) is 16.3. The predicted octanol–water partition coefficient (Wildman–Crippen LogP) is 3.53. The zero-order chi connectivity index (χ0) is 20.3. The average Bonchev–Trinajstić information content (AvgIpc) is 3.28. The van der Waals surface area contributed by atoms with E-state index in [1.165, 1.54) is 29.7 Å². The van der Waals surface area contributed by atoms with Crippen LogP contribution in [0, 0.1) is 6.92 Å². The highest BCUT2D eigenvalue weighted by atomic mass is 32.1. The fourth-order valence-electron chi connectivity index (χ4n) is 2.65. The topological polar surface area (TPSA) is 80.0 Å². The molecule has 0 bridgehead atoms. The number of nitrogens with one attached hydrogen (secondary N) is 1. The van der Waals surface area contributed by atoms with Crippen LogP contribution in [0.3, 0.4) is 0 Å². The Balaban J connectivity index is 1.84. The molecule has 28 heavy (non-hydrogen) atoms. The maximum atomic E-state index is 13.6. The van der Waals surface area contributed by atoms with Crippen LogP contribution < -0.4 is 5.32 Å². The molecule has 1 amide bonds. The minimum Gasteiger partial charge on any atom is -0.396 e. The molecule has 0 atom stereocenters. The normalized spacial score (nSPS) is 11.6. The van der Waals surface area contributed by atoms with Gasteiger partial charge in [0, 0.05) is 36.6 Å². The maximum Gasteiger partial charge on any atom is 0.270 e. The number of aliphatic hydroxyl groups excluding tert-OH is 1. The van der Waals surface area contributed by atoms with Crippen LogP contribution in [0.15, 0.2) is 35.8 Å². The van der Waals surface area contributed by atoms with Crippen LogP contribution in [0.25, 0.3) is 16.4 Å². The van der Waals surface area contributed by atoms with Crippen LogP contribution in [0.4, 0.5) is 8.78 Å². The Morgan fingerprint density at radius 2 is 2.18 bits per heavy atom. The fraction of sp³-hybridized carbons (Fsp3) is 0.316. The molecule has 0 saturated heterocycles. The van der Waals surface area contributed by atoms with Crippen molar-refractivity contribution in [2.45, 2.75) is 26.2 Å². The molecule has 2 aromatic heterocycles. The number of rotatable bonds is 7. The van der Waals surface area contributed by atoms with Gasteiger partial charge in [0.1, 0.15) is 0 Å². The van der Waals surface area contributed by atoms with Crippen molar-refractivity contribution in [3.63, 3.8) is 0 Å². The molecule has 0 radical (unpaired) electrons. The number of benzene rings is 1. The van der Waals surface area contributed by atoms with Crippen LogP contribution in [0.5, 0.6) is 0 Å². The van der Waals surface area contributed by atoms with Gasteiger partial charge in [0.25, 0.3) is 11.8 Å². The summed E-state index contributed by atoms with van der Waals surface area (Å²) in [7, 11) is 0. The highest BCUT2D eigenvalue weighted by Crippen LogP contribution is 2.31. The van der Waals surface area contributed by atoms with Crippen LogP contribution >= 0.6 is 11.3 Å². The second kappa shape index (κ2) is 8.15. The van der Waals surface area contributed by atoms with E-state index in [1.54, 1.807) is 29.1 Å². The van der Waals surface area contributed by atoms with E-state index in [0.717, 1.165) is 6.92 Å². The molecular formula is C19H20F2N4O2S. The molecule has 0 aliphatic heterocycles. The lowest BCUT2D eigenvalue weighted by Gasteiger charge is -2.11. The van der Waals surface area contributed by atoms with E-state index in [2.05, 4.69) is 15.4 Å². The first kappa shape index (κ1) is 20.1. The number of thiazole rings is 1. The minimum atomic E-state index is -2.92. The molecule has 148 valence electrons. The Labute approximate surface area is 164 Å². The molecule has 0 aliphatic carbocycles. The number of nitrogens with zero attached hydrogens (tertiary/aromatic N) is 3. The summed E-state index contributed by atoms with van der Waals surface area (Å²) in [6, 6.07) is 6.12. The number of hydrogen-bond donors (Lipinski definition) is 2. The van der Waals surface area contributed by atoms with E-state index in [-0.39, 0.29) is 18.1 Å².